The van der Waals surface area contributed by atoms with E-state index >= 15 is 0 Å². The van der Waals surface area contributed by atoms with Gasteiger partial charge in [-0.15, -0.1) is 0 Å². The Morgan fingerprint density at radius 2 is 1.96 bits per heavy atom. The van der Waals surface area contributed by atoms with E-state index in [1.807, 2.05) is 31.5 Å². The highest BCUT2D eigenvalue weighted by Gasteiger charge is 2.17. The summed E-state index contributed by atoms with van der Waals surface area (Å²) in [6.07, 6.45) is 1.80. The van der Waals surface area contributed by atoms with Crippen molar-refractivity contribution in [2.24, 2.45) is 0 Å². The molecule has 2 heterocycles. The van der Waals surface area contributed by atoms with Gasteiger partial charge in [0.1, 0.15) is 0 Å². The van der Waals surface area contributed by atoms with Gasteiger partial charge in [0.05, 0.1) is 23.6 Å². The zero-order chi connectivity index (χ0) is 18.0. The van der Waals surface area contributed by atoms with Gasteiger partial charge in [-0.3, -0.25) is 14.2 Å². The summed E-state index contributed by atoms with van der Waals surface area (Å²) in [6, 6.07) is 10.1. The quantitative estimate of drug-likeness (QED) is 0.777. The Morgan fingerprint density at radius 1 is 1.16 bits per heavy atom. The lowest BCUT2D eigenvalue weighted by Crippen LogP contribution is -2.14. The van der Waals surface area contributed by atoms with Gasteiger partial charge in [-0.2, -0.15) is 10.2 Å². The van der Waals surface area contributed by atoms with Crippen molar-refractivity contribution in [3.8, 4) is 0 Å². The molecule has 3 aromatic rings. The van der Waals surface area contributed by atoms with Crippen LogP contribution in [0.25, 0.3) is 0 Å². The van der Waals surface area contributed by atoms with Gasteiger partial charge in [-0.05, 0) is 39.3 Å². The van der Waals surface area contributed by atoms with Crippen LogP contribution in [0.3, 0.4) is 0 Å². The second-order valence-electron chi connectivity index (χ2n) is 6.20. The minimum absolute atomic E-state index is 0.214. The molecule has 0 atom stereocenters. The van der Waals surface area contributed by atoms with Gasteiger partial charge in [-0.1, -0.05) is 29.8 Å². The van der Waals surface area contributed by atoms with Crippen molar-refractivity contribution in [1.29, 1.82) is 0 Å². The summed E-state index contributed by atoms with van der Waals surface area (Å²) in [6.45, 7) is 9.34. The molecule has 1 N–H and O–H groups in total. The number of aryl methyl sites for hydroxylation is 3. The second-order valence-corrected chi connectivity index (χ2v) is 6.20. The van der Waals surface area contributed by atoms with E-state index in [0.717, 1.165) is 23.6 Å². The molecule has 3 rings (SSSR count). The summed E-state index contributed by atoms with van der Waals surface area (Å²) in [5, 5.41) is 11.8. The molecule has 0 saturated heterocycles. The Hall–Kier alpha value is -2.89. The highest BCUT2D eigenvalue weighted by Crippen LogP contribution is 2.21. The van der Waals surface area contributed by atoms with Crippen molar-refractivity contribution in [3.63, 3.8) is 0 Å². The van der Waals surface area contributed by atoms with Crippen LogP contribution >= 0.6 is 0 Å². The molecule has 6 heteroatoms. The lowest BCUT2D eigenvalue weighted by Gasteiger charge is -2.07. The Balaban J connectivity index is 1.80. The predicted octanol–water partition coefficient (Wildman–Crippen LogP) is 3.33. The van der Waals surface area contributed by atoms with E-state index in [1.54, 1.807) is 16.9 Å². The van der Waals surface area contributed by atoms with Crippen LogP contribution < -0.4 is 5.32 Å². The zero-order valence-corrected chi connectivity index (χ0v) is 15.1. The van der Waals surface area contributed by atoms with E-state index in [2.05, 4.69) is 40.6 Å². The Morgan fingerprint density at radius 3 is 2.64 bits per heavy atom. The Labute approximate surface area is 147 Å². The second kappa shape index (κ2) is 6.93. The van der Waals surface area contributed by atoms with Crippen molar-refractivity contribution in [1.82, 2.24) is 19.6 Å². The summed E-state index contributed by atoms with van der Waals surface area (Å²) in [5.74, 6) is -0.214. The first-order valence-electron chi connectivity index (χ1n) is 8.42. The molecule has 6 nitrogen and oxygen atoms in total. The fourth-order valence-corrected chi connectivity index (χ4v) is 2.85. The smallest absolute Gasteiger partial charge is 0.276 e. The third-order valence-electron chi connectivity index (χ3n) is 4.23. The van der Waals surface area contributed by atoms with Crippen LogP contribution in [-0.4, -0.2) is 25.5 Å². The monoisotopic (exact) mass is 337 g/mol. The molecule has 0 spiro atoms. The molecule has 1 aromatic carbocycles. The number of benzene rings is 1. The van der Waals surface area contributed by atoms with Crippen LogP contribution in [0.15, 0.2) is 36.5 Å². The van der Waals surface area contributed by atoms with Gasteiger partial charge in [0, 0.05) is 12.7 Å². The number of rotatable bonds is 5. The fraction of sp³-hybridized carbons (Fsp3) is 0.316. The average molecular weight is 337 g/mol. The van der Waals surface area contributed by atoms with Crippen LogP contribution in [0.1, 0.15) is 39.9 Å². The fourth-order valence-electron chi connectivity index (χ4n) is 2.85. The first kappa shape index (κ1) is 17.0. The highest BCUT2D eigenvalue weighted by atomic mass is 16.2. The van der Waals surface area contributed by atoms with Crippen LogP contribution in [-0.2, 0) is 13.1 Å². The van der Waals surface area contributed by atoms with Gasteiger partial charge in [0.15, 0.2) is 5.69 Å². The third-order valence-corrected chi connectivity index (χ3v) is 4.23. The van der Waals surface area contributed by atoms with Gasteiger partial charge >= 0.3 is 0 Å². The van der Waals surface area contributed by atoms with Crippen molar-refractivity contribution in [2.75, 3.05) is 5.32 Å². The molecule has 0 unspecified atom stereocenters. The molecule has 1 amide bonds. The van der Waals surface area contributed by atoms with Gasteiger partial charge in [-0.25, -0.2) is 0 Å². The number of carbonyl (C=O) groups excluding carboxylic acids is 1. The normalized spacial score (nSPS) is 10.9. The van der Waals surface area contributed by atoms with E-state index in [4.69, 9.17) is 0 Å². The number of aromatic nitrogens is 4. The van der Waals surface area contributed by atoms with Crippen molar-refractivity contribution >= 4 is 11.6 Å². The van der Waals surface area contributed by atoms with Crippen LogP contribution in [0.2, 0.25) is 0 Å². The summed E-state index contributed by atoms with van der Waals surface area (Å²) >= 11 is 0. The lowest BCUT2D eigenvalue weighted by atomic mass is 10.1. The maximum atomic E-state index is 12.4. The van der Waals surface area contributed by atoms with E-state index in [9.17, 15) is 4.79 Å². The number of hydrogen-bond acceptors (Lipinski definition) is 3. The number of carbonyl (C=O) groups is 1. The molecule has 0 aliphatic carbocycles. The molecular weight excluding hydrogens is 314 g/mol. The largest absolute Gasteiger partial charge is 0.317 e. The molecule has 0 fully saturated rings. The molecule has 0 aliphatic heterocycles. The van der Waals surface area contributed by atoms with Crippen molar-refractivity contribution < 1.29 is 4.79 Å². The molecule has 0 radical (unpaired) electrons. The first-order chi connectivity index (χ1) is 12.0. The zero-order valence-electron chi connectivity index (χ0n) is 15.1. The molecule has 2 aromatic heterocycles. The molecular formula is C19H23N5O. The lowest BCUT2D eigenvalue weighted by molar-refractivity contribution is 0.102. The van der Waals surface area contributed by atoms with Gasteiger partial charge < -0.3 is 5.32 Å². The van der Waals surface area contributed by atoms with Crippen LogP contribution in [0.5, 0.6) is 0 Å². The van der Waals surface area contributed by atoms with E-state index in [0.29, 0.717) is 12.2 Å². The minimum atomic E-state index is -0.214. The predicted molar refractivity (Wildman–Crippen MR) is 97.8 cm³/mol. The summed E-state index contributed by atoms with van der Waals surface area (Å²) in [5.41, 5.74) is 5.30. The van der Waals surface area contributed by atoms with Crippen molar-refractivity contribution in [3.05, 3.63) is 64.7 Å². The number of nitrogens with zero attached hydrogens (tertiary/aromatic N) is 4. The molecule has 0 saturated carbocycles. The molecule has 130 valence electrons. The first-order valence-corrected chi connectivity index (χ1v) is 8.42. The van der Waals surface area contributed by atoms with Crippen LogP contribution in [0.4, 0.5) is 5.69 Å². The maximum absolute atomic E-state index is 12.4. The maximum Gasteiger partial charge on any atom is 0.276 e. The summed E-state index contributed by atoms with van der Waals surface area (Å²) in [4.78, 5) is 12.4. The topological polar surface area (TPSA) is 64.7 Å². The summed E-state index contributed by atoms with van der Waals surface area (Å²) in [7, 11) is 0. The molecule has 0 aliphatic rings. The third kappa shape index (κ3) is 3.63. The van der Waals surface area contributed by atoms with Crippen molar-refractivity contribution in [2.45, 2.75) is 40.8 Å². The van der Waals surface area contributed by atoms with Gasteiger partial charge in [0.25, 0.3) is 5.91 Å². The van der Waals surface area contributed by atoms with Crippen LogP contribution in [0, 0.1) is 20.8 Å². The Kier molecular flexibility index (Phi) is 4.70. The van der Waals surface area contributed by atoms with E-state index in [-0.39, 0.29) is 5.91 Å². The number of hydrogen-bond donors (Lipinski definition) is 1. The summed E-state index contributed by atoms with van der Waals surface area (Å²) < 4.78 is 3.65. The van der Waals surface area contributed by atoms with Gasteiger partial charge in [0.2, 0.25) is 0 Å². The Bertz CT molecular complexity index is 906. The molecule has 25 heavy (non-hydrogen) atoms. The SMILES string of the molecule is CCn1ccc(C(=O)Nc2c(C)nn(Cc3cccc(C)c3)c2C)n1. The number of nitrogens with one attached hydrogen (secondary N) is 1. The van der Waals surface area contributed by atoms with E-state index in [1.165, 1.54) is 11.1 Å². The number of amides is 1. The standard InChI is InChI=1S/C19H23N5O/c1-5-23-10-9-17(22-23)19(25)20-18-14(3)21-24(15(18)4)12-16-8-6-7-13(2)11-16/h6-11H,5,12H2,1-4H3,(H,20,25). The number of anilines is 1. The highest BCUT2D eigenvalue weighted by molar-refractivity contribution is 6.03. The minimum Gasteiger partial charge on any atom is -0.317 e. The molecule has 0 bridgehead atoms. The van der Waals surface area contributed by atoms with E-state index < -0.39 is 0 Å². The average Bonchev–Trinajstić information content (AvgIpc) is 3.16.